The molecule has 2 heterocycles. The second-order valence-electron chi connectivity index (χ2n) is 11.7. The van der Waals surface area contributed by atoms with Gasteiger partial charge in [-0.3, -0.25) is 24.2 Å². The number of likely N-dealkylation sites (N-methyl/N-ethyl adjacent to an activating group) is 1. The van der Waals surface area contributed by atoms with E-state index in [2.05, 4.69) is 19.8 Å². The quantitative estimate of drug-likeness (QED) is 0.102. The van der Waals surface area contributed by atoms with E-state index in [1.165, 1.54) is 19.1 Å². The minimum absolute atomic E-state index is 0.0788. The maximum Gasteiger partial charge on any atom is 0.446 e. The zero-order chi connectivity index (χ0) is 34.5. The van der Waals surface area contributed by atoms with Gasteiger partial charge < -0.3 is 24.1 Å². The monoisotopic (exact) mass is 645 g/mol. The molecule has 16 heteroatoms. The van der Waals surface area contributed by atoms with Crippen molar-refractivity contribution in [2.75, 3.05) is 41.5 Å². The molecular weight excluding hydrogens is 597 g/mol. The molecule has 2 fully saturated rings. The number of carbonyl (C=O) groups is 4. The summed E-state index contributed by atoms with van der Waals surface area (Å²) in [5.74, 6) is 1.72. The molecule has 2 saturated heterocycles. The highest BCUT2D eigenvalue weighted by molar-refractivity contribution is 7.74. The van der Waals surface area contributed by atoms with Gasteiger partial charge in [0.2, 0.25) is 5.78 Å². The first-order valence-corrected chi connectivity index (χ1v) is 15.5. The van der Waals surface area contributed by atoms with Gasteiger partial charge in [-0.15, -0.1) is 6.42 Å². The molecule has 2 aliphatic rings. The second kappa shape index (κ2) is 17.9. The van der Waals surface area contributed by atoms with E-state index in [0.717, 1.165) is 45.5 Å². The molecule has 0 spiro atoms. The predicted octanol–water partition coefficient (Wildman–Crippen LogP) is 4.11. The number of hydrogen-bond acceptors (Lipinski definition) is 10. The van der Waals surface area contributed by atoms with Crippen molar-refractivity contribution in [3.63, 3.8) is 0 Å². The van der Waals surface area contributed by atoms with Crippen LogP contribution in [0.3, 0.4) is 0 Å². The zero-order valence-corrected chi connectivity index (χ0v) is 28.6. The first-order chi connectivity index (χ1) is 20.2. The molecule has 250 valence electrons. The van der Waals surface area contributed by atoms with Gasteiger partial charge in [-0.25, -0.2) is 19.2 Å². The highest BCUT2D eigenvalue weighted by atomic mass is 31.2. The molecule has 2 aliphatic heterocycles. The lowest BCUT2D eigenvalue weighted by atomic mass is 10.2. The Kier molecular flexibility index (Phi) is 16.6. The fraction of sp³-hybridized carbons (Fsp3) is 0.750. The summed E-state index contributed by atoms with van der Waals surface area (Å²) in [4.78, 5) is 56.9. The van der Waals surface area contributed by atoms with Gasteiger partial charge >= 0.3 is 25.2 Å². The van der Waals surface area contributed by atoms with Crippen LogP contribution in [-0.4, -0.2) is 114 Å². The van der Waals surface area contributed by atoms with Crippen LogP contribution in [0.1, 0.15) is 74.1 Å². The standard InChI is InChI=1S/C12H22N2O4.C11H17NO2.C5H9N2O4P/c1-12(2,3)18-11(16)14-8-6-7-9(14)10(15)13(4)17-5;1-5-9-7-6-8-12(9)10(13)14-11(2,3)4;1-4(8)5(7-6)12(9,10-2)11-3/h9H,6-8H2,1-5H3;1,9H,6-8H2,2-4H3;1-3H3/t2*9-;/m01./s1. The summed E-state index contributed by atoms with van der Waals surface area (Å²) in [6.07, 6.45) is 7.89. The summed E-state index contributed by atoms with van der Waals surface area (Å²) >= 11 is 0. The van der Waals surface area contributed by atoms with Crippen molar-refractivity contribution >= 4 is 36.9 Å². The van der Waals surface area contributed by atoms with E-state index in [1.54, 1.807) is 25.7 Å². The molecule has 2 atom stereocenters. The highest BCUT2D eigenvalue weighted by Crippen LogP contribution is 2.47. The molecule has 0 aromatic carbocycles. The van der Waals surface area contributed by atoms with Crippen molar-refractivity contribution in [3.8, 4) is 12.3 Å². The topological polar surface area (TPSA) is 178 Å². The number of Topliss-reactive ketones (excluding diaryl/α,β-unsaturated/α-hetero) is 1. The van der Waals surface area contributed by atoms with Crippen LogP contribution in [0, 0.1) is 12.3 Å². The molecule has 0 bridgehead atoms. The van der Waals surface area contributed by atoms with Crippen LogP contribution in [0.15, 0.2) is 0 Å². The molecule has 0 aromatic heterocycles. The third kappa shape index (κ3) is 13.2. The van der Waals surface area contributed by atoms with Crippen LogP contribution in [0.2, 0.25) is 0 Å². The first-order valence-electron chi connectivity index (χ1n) is 13.9. The molecule has 15 nitrogen and oxygen atoms in total. The Labute approximate surface area is 260 Å². The van der Waals surface area contributed by atoms with Gasteiger partial charge in [0.1, 0.15) is 17.2 Å². The van der Waals surface area contributed by atoms with E-state index in [-0.39, 0.29) is 18.0 Å². The maximum atomic E-state index is 12.0. The first kappa shape index (κ1) is 40.7. The number of nitrogens with zero attached hydrogens (tertiary/aromatic N) is 5. The Morgan fingerprint density at radius 3 is 1.73 bits per heavy atom. The lowest BCUT2D eigenvalue weighted by Gasteiger charge is -2.29. The van der Waals surface area contributed by atoms with Crippen molar-refractivity contribution < 1.29 is 51.9 Å². The van der Waals surface area contributed by atoms with Gasteiger partial charge in [-0.05, 0) is 67.2 Å². The predicted molar refractivity (Wildman–Crippen MR) is 161 cm³/mol. The third-order valence-corrected chi connectivity index (χ3v) is 7.86. The van der Waals surface area contributed by atoms with Crippen LogP contribution in [0.5, 0.6) is 0 Å². The minimum Gasteiger partial charge on any atom is -0.444 e. The van der Waals surface area contributed by atoms with Crippen molar-refractivity contribution in [2.24, 2.45) is 0 Å². The summed E-state index contributed by atoms with van der Waals surface area (Å²) in [6.45, 7) is 13.3. The number of ether oxygens (including phenoxy) is 2. The van der Waals surface area contributed by atoms with Crippen LogP contribution in [0.4, 0.5) is 9.59 Å². The van der Waals surface area contributed by atoms with Crippen molar-refractivity contribution in [1.82, 2.24) is 14.9 Å². The third-order valence-electron chi connectivity index (χ3n) is 5.97. The fourth-order valence-corrected chi connectivity index (χ4v) is 4.90. The van der Waals surface area contributed by atoms with E-state index in [1.807, 2.05) is 20.8 Å². The Balaban J connectivity index is 0.000000646. The zero-order valence-electron chi connectivity index (χ0n) is 27.7. The van der Waals surface area contributed by atoms with E-state index < -0.39 is 42.2 Å². The normalized spacial score (nSPS) is 18.0. The average molecular weight is 646 g/mol. The van der Waals surface area contributed by atoms with Crippen LogP contribution in [0.25, 0.3) is 5.53 Å². The molecule has 0 aromatic rings. The fourth-order valence-electron chi connectivity index (χ4n) is 3.91. The Bertz CT molecular complexity index is 1140. The molecule has 0 radical (unpaired) electrons. The number of carbonyl (C=O) groups excluding carboxylic acids is 4. The van der Waals surface area contributed by atoms with Gasteiger partial charge in [0, 0.05) is 41.3 Å². The van der Waals surface area contributed by atoms with E-state index >= 15 is 0 Å². The van der Waals surface area contributed by atoms with Gasteiger partial charge in [-0.2, -0.15) is 4.79 Å². The number of amides is 3. The average Bonchev–Trinajstić information content (AvgIpc) is 3.61. The van der Waals surface area contributed by atoms with Gasteiger partial charge in [0.15, 0.2) is 0 Å². The number of likely N-dealkylation sites (tertiary alicyclic amines) is 2. The van der Waals surface area contributed by atoms with Gasteiger partial charge in [0.05, 0.1) is 13.2 Å². The largest absolute Gasteiger partial charge is 0.446 e. The molecule has 3 amide bonds. The molecule has 0 N–H and O–H groups in total. The number of hydroxylamine groups is 2. The Morgan fingerprint density at radius 2 is 1.36 bits per heavy atom. The van der Waals surface area contributed by atoms with E-state index in [9.17, 15) is 23.7 Å². The number of terminal acetylenes is 1. The minimum atomic E-state index is -3.70. The Hall–Kier alpha value is -3.27. The van der Waals surface area contributed by atoms with Gasteiger partial charge in [0.25, 0.3) is 5.91 Å². The lowest BCUT2D eigenvalue weighted by Crippen LogP contribution is -2.47. The Morgan fingerprint density at radius 1 is 0.909 bits per heavy atom. The molecule has 44 heavy (non-hydrogen) atoms. The van der Waals surface area contributed by atoms with E-state index in [4.69, 9.17) is 26.3 Å². The molecule has 0 unspecified atom stereocenters. The van der Waals surface area contributed by atoms with Crippen LogP contribution >= 0.6 is 7.60 Å². The summed E-state index contributed by atoms with van der Waals surface area (Å²) in [6, 6.07) is -0.561. The highest BCUT2D eigenvalue weighted by Gasteiger charge is 2.42. The lowest BCUT2D eigenvalue weighted by molar-refractivity contribution is -0.173. The SMILES string of the molecule is C#C[C@@H]1CCCN1C(=O)OC(C)(C)C.CON(C)C(=O)[C@@H]1CCCN1C(=O)OC(C)(C)C.COP(=O)(OC)C(=[N+]=[N-])C(C)=O. The maximum absolute atomic E-state index is 12.0. The number of ketones is 1. The van der Waals surface area contributed by atoms with Gasteiger partial charge in [-0.1, -0.05) is 5.92 Å². The summed E-state index contributed by atoms with van der Waals surface area (Å²) in [5, 5.41) is 1.15. The number of rotatable bonds is 6. The van der Waals surface area contributed by atoms with E-state index in [0.29, 0.717) is 19.5 Å². The summed E-state index contributed by atoms with van der Waals surface area (Å²) < 4.78 is 30.7. The molecule has 0 saturated carbocycles. The smallest absolute Gasteiger partial charge is 0.444 e. The van der Waals surface area contributed by atoms with Crippen molar-refractivity contribution in [1.29, 1.82) is 0 Å². The number of hydrogen-bond donors (Lipinski definition) is 0. The van der Waals surface area contributed by atoms with Crippen molar-refractivity contribution in [2.45, 2.75) is 97.4 Å². The second-order valence-corrected chi connectivity index (χ2v) is 13.8. The molecule has 0 aliphatic carbocycles. The molecule has 2 rings (SSSR count). The summed E-state index contributed by atoms with van der Waals surface area (Å²) in [7, 11) is 1.45. The molecular formula is C28H48N5O10P. The van der Waals surface area contributed by atoms with Crippen LogP contribution < -0.4 is 0 Å². The van der Waals surface area contributed by atoms with Crippen LogP contribution in [-0.2, 0) is 37.5 Å². The van der Waals surface area contributed by atoms with Crippen molar-refractivity contribution in [3.05, 3.63) is 5.53 Å². The summed E-state index contributed by atoms with van der Waals surface area (Å²) in [5.41, 5.74) is 6.72.